The fraction of sp³-hybridized carbons (Fsp3) is 0.129. The normalized spacial score (nSPS) is 10.6. The average Bonchev–Trinajstić information content (AvgIpc) is 3.25. The third kappa shape index (κ3) is 5.60. The molecule has 0 unspecified atom stereocenters. The van der Waals surface area contributed by atoms with Gasteiger partial charge in [0, 0.05) is 37.2 Å². The molecular formula is C31H25IrN3S-2. The van der Waals surface area contributed by atoms with Crippen LogP contribution in [0.5, 0.6) is 0 Å². The Balaban J connectivity index is 0.000000172. The van der Waals surface area contributed by atoms with E-state index in [-0.39, 0.29) is 20.1 Å². The van der Waals surface area contributed by atoms with Crippen molar-refractivity contribution in [3.63, 3.8) is 0 Å². The first-order valence-corrected chi connectivity index (χ1v) is 12.3. The van der Waals surface area contributed by atoms with Crippen LogP contribution in [0.15, 0.2) is 79.1 Å². The minimum absolute atomic E-state index is 0. The molecule has 4 heterocycles. The molecule has 36 heavy (non-hydrogen) atoms. The monoisotopic (exact) mass is 664 g/mol. The molecule has 0 bridgehead atoms. The second-order valence-corrected chi connectivity index (χ2v) is 9.76. The van der Waals surface area contributed by atoms with Crippen molar-refractivity contribution in [1.29, 1.82) is 0 Å². The van der Waals surface area contributed by atoms with Crippen LogP contribution < -0.4 is 0 Å². The van der Waals surface area contributed by atoms with E-state index in [9.17, 15) is 0 Å². The Morgan fingerprint density at radius 2 is 1.53 bits per heavy atom. The van der Waals surface area contributed by atoms with Gasteiger partial charge in [0.25, 0.3) is 0 Å². The van der Waals surface area contributed by atoms with Crippen molar-refractivity contribution in [1.82, 2.24) is 15.0 Å². The summed E-state index contributed by atoms with van der Waals surface area (Å²) < 4.78 is 2.50. The van der Waals surface area contributed by atoms with Crippen molar-refractivity contribution in [2.75, 3.05) is 0 Å². The average molecular weight is 664 g/mol. The first-order valence-electron chi connectivity index (χ1n) is 11.5. The number of fused-ring (bicyclic) bond motifs is 3. The molecule has 0 spiro atoms. The van der Waals surface area contributed by atoms with Gasteiger partial charge in [0.05, 0.1) is 4.70 Å². The van der Waals surface area contributed by atoms with Crippen molar-refractivity contribution in [3.8, 4) is 22.6 Å². The van der Waals surface area contributed by atoms with Crippen LogP contribution in [0, 0.1) is 39.8 Å². The molecule has 0 N–H and O–H groups in total. The van der Waals surface area contributed by atoms with E-state index in [0.29, 0.717) is 0 Å². The first-order chi connectivity index (χ1) is 17.0. The van der Waals surface area contributed by atoms with Crippen molar-refractivity contribution in [3.05, 3.63) is 114 Å². The molecule has 0 atom stereocenters. The minimum atomic E-state index is 0. The van der Waals surface area contributed by atoms with Gasteiger partial charge in [-0.05, 0) is 65.9 Å². The Bertz CT molecular complexity index is 1640. The van der Waals surface area contributed by atoms with Gasteiger partial charge in [0.15, 0.2) is 0 Å². The molecule has 0 saturated heterocycles. The molecule has 3 nitrogen and oxygen atoms in total. The van der Waals surface area contributed by atoms with Gasteiger partial charge >= 0.3 is 0 Å². The van der Waals surface area contributed by atoms with Gasteiger partial charge in [-0.3, -0.25) is 4.98 Å². The number of pyridine rings is 3. The Morgan fingerprint density at radius 1 is 0.722 bits per heavy atom. The van der Waals surface area contributed by atoms with Crippen molar-refractivity contribution >= 4 is 31.5 Å². The van der Waals surface area contributed by atoms with Crippen molar-refractivity contribution in [2.45, 2.75) is 27.7 Å². The van der Waals surface area contributed by atoms with Crippen molar-refractivity contribution < 1.29 is 20.1 Å². The fourth-order valence-electron chi connectivity index (χ4n) is 3.81. The second kappa shape index (κ2) is 11.2. The van der Waals surface area contributed by atoms with E-state index >= 15 is 0 Å². The van der Waals surface area contributed by atoms with Gasteiger partial charge in [0.2, 0.25) is 0 Å². The minimum Gasteiger partial charge on any atom is -0.317 e. The van der Waals surface area contributed by atoms with E-state index in [2.05, 4.69) is 96.4 Å². The molecule has 5 heteroatoms. The number of benzene rings is 2. The van der Waals surface area contributed by atoms with Crippen LogP contribution in [0.1, 0.15) is 22.4 Å². The summed E-state index contributed by atoms with van der Waals surface area (Å²) in [4.78, 5) is 13.4. The zero-order valence-corrected chi connectivity index (χ0v) is 23.8. The van der Waals surface area contributed by atoms with E-state index in [1.165, 1.54) is 36.9 Å². The maximum absolute atomic E-state index is 4.53. The molecule has 0 aliphatic rings. The predicted octanol–water partition coefficient (Wildman–Crippen LogP) is 8.09. The number of hydrogen-bond acceptors (Lipinski definition) is 4. The van der Waals surface area contributed by atoms with Crippen LogP contribution in [-0.4, -0.2) is 15.0 Å². The summed E-state index contributed by atoms with van der Waals surface area (Å²) >= 11 is 1.78. The van der Waals surface area contributed by atoms with Crippen LogP contribution in [-0.2, 0) is 20.1 Å². The maximum atomic E-state index is 4.53. The smallest absolute Gasteiger partial charge is 0.0515 e. The number of aryl methyl sites for hydroxylation is 4. The standard InChI is InChI=1S/C17H11N2S.C14H14N.Ir/c1-11-5-4-7-14(19-11)15-9-13-12-6-2-3-8-16(12)20-17(13)10-18-15;1-10-4-6-13(7-5-10)14-8-11(2)12(3)9-15-14;/h2-6,8-10H,1H3;4-6,8-9H,1-3H3;/q2*-1;. The molecule has 0 saturated carbocycles. The SMILES string of the molecule is Cc1c[c-]c(-c2cc(C)c(C)cn2)cc1.Cc1cc[c-]c(-c2cc3c(cn2)sc2ccccc23)n1.[Ir]. The van der Waals surface area contributed by atoms with Gasteiger partial charge in [0.1, 0.15) is 0 Å². The van der Waals surface area contributed by atoms with Crippen LogP contribution in [0.3, 0.4) is 0 Å². The molecule has 0 fully saturated rings. The first kappa shape index (κ1) is 25.8. The third-order valence-electron chi connectivity index (χ3n) is 5.96. The van der Waals surface area contributed by atoms with Gasteiger partial charge in [-0.1, -0.05) is 42.8 Å². The summed E-state index contributed by atoms with van der Waals surface area (Å²) in [6, 6.07) is 29.1. The third-order valence-corrected chi connectivity index (χ3v) is 7.08. The quantitative estimate of drug-likeness (QED) is 0.176. The number of nitrogens with zero attached hydrogens (tertiary/aromatic N) is 3. The summed E-state index contributed by atoms with van der Waals surface area (Å²) in [6.07, 6.45) is 3.85. The van der Waals surface area contributed by atoms with E-state index < -0.39 is 0 Å². The fourth-order valence-corrected chi connectivity index (χ4v) is 4.87. The van der Waals surface area contributed by atoms with Crippen LogP contribution in [0.25, 0.3) is 42.8 Å². The van der Waals surface area contributed by atoms with Gasteiger partial charge in [-0.15, -0.1) is 52.8 Å². The zero-order valence-electron chi connectivity index (χ0n) is 20.6. The Morgan fingerprint density at radius 3 is 2.28 bits per heavy atom. The van der Waals surface area contributed by atoms with Crippen LogP contribution in [0.2, 0.25) is 0 Å². The van der Waals surface area contributed by atoms with Gasteiger partial charge in [-0.2, -0.15) is 12.1 Å². The van der Waals surface area contributed by atoms with Gasteiger partial charge in [-0.25, -0.2) is 0 Å². The second-order valence-electron chi connectivity index (χ2n) is 8.68. The van der Waals surface area contributed by atoms with Crippen LogP contribution in [0.4, 0.5) is 0 Å². The number of hydrogen-bond donors (Lipinski definition) is 0. The molecule has 0 aliphatic carbocycles. The zero-order chi connectivity index (χ0) is 24.4. The summed E-state index contributed by atoms with van der Waals surface area (Å²) in [5, 5.41) is 2.52. The summed E-state index contributed by atoms with van der Waals surface area (Å²) in [5.41, 5.74) is 8.45. The summed E-state index contributed by atoms with van der Waals surface area (Å²) in [5.74, 6) is 0. The van der Waals surface area contributed by atoms with Gasteiger partial charge < -0.3 is 9.97 Å². The molecular weight excluding hydrogens is 639 g/mol. The number of aromatic nitrogens is 3. The molecule has 181 valence electrons. The molecule has 6 rings (SSSR count). The maximum Gasteiger partial charge on any atom is 0.0515 e. The molecule has 0 amide bonds. The molecule has 4 aromatic heterocycles. The number of rotatable bonds is 2. The Kier molecular flexibility index (Phi) is 8.05. The Hall–Kier alpha value is -3.24. The van der Waals surface area contributed by atoms with E-state index in [1.807, 2.05) is 37.5 Å². The molecule has 2 aromatic carbocycles. The van der Waals surface area contributed by atoms with E-state index in [1.54, 1.807) is 11.3 Å². The largest absolute Gasteiger partial charge is 0.317 e. The molecule has 0 aliphatic heterocycles. The van der Waals surface area contributed by atoms with Crippen LogP contribution >= 0.6 is 11.3 Å². The topological polar surface area (TPSA) is 38.7 Å². The summed E-state index contributed by atoms with van der Waals surface area (Å²) in [6.45, 7) is 8.23. The van der Waals surface area contributed by atoms with Crippen molar-refractivity contribution in [2.24, 2.45) is 0 Å². The van der Waals surface area contributed by atoms with E-state index in [0.717, 1.165) is 28.3 Å². The van der Waals surface area contributed by atoms with E-state index in [4.69, 9.17) is 0 Å². The number of thiophene rings is 1. The molecule has 1 radical (unpaired) electrons. The summed E-state index contributed by atoms with van der Waals surface area (Å²) in [7, 11) is 0. The predicted molar refractivity (Wildman–Crippen MR) is 147 cm³/mol. The molecule has 6 aromatic rings. The Labute approximate surface area is 229 Å².